The second-order valence-corrected chi connectivity index (χ2v) is 10.9. The molecule has 1 atom stereocenters. The van der Waals surface area contributed by atoms with Gasteiger partial charge in [0.2, 0.25) is 0 Å². The molecule has 2 heterocycles. The Balaban J connectivity index is 1.73. The summed E-state index contributed by atoms with van der Waals surface area (Å²) >= 11 is 0.977. The number of thiophene rings is 1. The van der Waals surface area contributed by atoms with Gasteiger partial charge in [0.05, 0.1) is 22.3 Å². The van der Waals surface area contributed by atoms with Gasteiger partial charge in [-0.05, 0) is 30.7 Å². The number of carbonyl (C=O) groups is 1. The summed E-state index contributed by atoms with van der Waals surface area (Å²) in [6.07, 6.45) is -4.13. The normalized spacial score (nSPS) is 13.0. The highest BCUT2D eigenvalue weighted by Gasteiger charge is 2.35. The lowest BCUT2D eigenvalue weighted by Gasteiger charge is -2.19. The quantitative estimate of drug-likeness (QED) is 0.325. The highest BCUT2D eigenvalue weighted by atomic mass is 32.2. The van der Waals surface area contributed by atoms with Gasteiger partial charge in [-0.1, -0.05) is 30.8 Å². The molecule has 0 aliphatic carbocycles. The van der Waals surface area contributed by atoms with Crippen LogP contribution in [-0.4, -0.2) is 23.9 Å². The van der Waals surface area contributed by atoms with Crippen LogP contribution in [0.4, 0.5) is 13.2 Å². The fourth-order valence-electron chi connectivity index (χ4n) is 3.71. The number of ether oxygens (including phenoxy) is 1. The topological polar surface area (TPSA) is 104 Å². The van der Waals surface area contributed by atoms with Gasteiger partial charge in [0.15, 0.2) is 9.84 Å². The van der Waals surface area contributed by atoms with E-state index in [2.05, 4.69) is 11.6 Å². The number of hydrogen-bond acceptors (Lipinski definition) is 6. The molecule has 0 saturated carbocycles. The van der Waals surface area contributed by atoms with Gasteiger partial charge >= 0.3 is 6.18 Å². The first-order chi connectivity index (χ1) is 16.9. The smallest absolute Gasteiger partial charge is 0.416 e. The van der Waals surface area contributed by atoms with Crippen LogP contribution in [0, 0.1) is 0 Å². The molecule has 0 saturated heterocycles. The second-order valence-electron chi connectivity index (χ2n) is 7.90. The number of aromatic nitrogens is 2. The minimum atomic E-state index is -4.58. The van der Waals surface area contributed by atoms with Gasteiger partial charge in [-0.2, -0.15) is 13.2 Å². The summed E-state index contributed by atoms with van der Waals surface area (Å²) in [5, 5.41) is 1.34. The zero-order valence-corrected chi connectivity index (χ0v) is 20.5. The summed E-state index contributed by atoms with van der Waals surface area (Å²) in [5.41, 5.74) is 6.24. The van der Waals surface area contributed by atoms with Crippen molar-refractivity contribution < 1.29 is 31.1 Å². The van der Waals surface area contributed by atoms with E-state index in [1.807, 2.05) is 0 Å². The van der Waals surface area contributed by atoms with E-state index in [0.717, 1.165) is 22.8 Å². The van der Waals surface area contributed by atoms with E-state index >= 15 is 0 Å². The molecule has 4 rings (SSSR count). The average Bonchev–Trinajstić information content (AvgIpc) is 3.42. The summed E-state index contributed by atoms with van der Waals surface area (Å²) in [4.78, 5) is 16.5. The fraction of sp³-hybridized carbons (Fsp3) is 0.167. The van der Waals surface area contributed by atoms with Crippen LogP contribution in [0.2, 0.25) is 0 Å². The Morgan fingerprint density at radius 3 is 2.64 bits per heavy atom. The van der Waals surface area contributed by atoms with Crippen molar-refractivity contribution >= 4 is 38.1 Å². The molecule has 4 aromatic rings. The molecule has 0 unspecified atom stereocenters. The van der Waals surface area contributed by atoms with Crippen LogP contribution in [0.3, 0.4) is 0 Å². The van der Waals surface area contributed by atoms with Crippen LogP contribution < -0.4 is 10.5 Å². The van der Waals surface area contributed by atoms with E-state index in [4.69, 9.17) is 10.5 Å². The lowest BCUT2D eigenvalue weighted by Crippen LogP contribution is -2.15. The van der Waals surface area contributed by atoms with Gasteiger partial charge in [-0.3, -0.25) is 9.36 Å². The summed E-state index contributed by atoms with van der Waals surface area (Å²) in [6, 6.07) is 11.5. The number of nitrogens with two attached hydrogens (primary N) is 1. The van der Waals surface area contributed by atoms with Gasteiger partial charge in [0.1, 0.15) is 28.1 Å². The summed E-state index contributed by atoms with van der Waals surface area (Å²) in [7, 11) is -3.49. The lowest BCUT2D eigenvalue weighted by molar-refractivity contribution is -0.139. The molecule has 12 heteroatoms. The number of amides is 1. The molecule has 2 aromatic heterocycles. The van der Waals surface area contributed by atoms with Gasteiger partial charge in [0.25, 0.3) is 5.91 Å². The first kappa shape index (κ1) is 25.5. The molecule has 0 aliphatic heterocycles. The van der Waals surface area contributed by atoms with Crippen molar-refractivity contribution in [2.24, 2.45) is 5.73 Å². The van der Waals surface area contributed by atoms with Crippen molar-refractivity contribution in [3.63, 3.8) is 0 Å². The Morgan fingerprint density at radius 2 is 1.97 bits per heavy atom. The standard InChI is InChI=1S/C24H20F3N3O4S2/c1-3-36(32,33)12-15-8-9-18-19(10-15)30(13-29-18)21-11-20(22(35-21)23(28)31)34-14(2)16-6-4-5-7-17(16)24(25,26)27/h3-11,13-14H,1,12H2,2H3,(H2,28,31)/t14-/m1/s1. The van der Waals surface area contributed by atoms with Crippen molar-refractivity contribution in [2.75, 3.05) is 0 Å². The Bertz CT molecular complexity index is 1570. The maximum Gasteiger partial charge on any atom is 0.416 e. The summed E-state index contributed by atoms with van der Waals surface area (Å²) in [6.45, 7) is 4.77. The number of benzene rings is 2. The third kappa shape index (κ3) is 5.14. The first-order valence-electron chi connectivity index (χ1n) is 10.5. The number of alkyl halides is 3. The molecule has 0 spiro atoms. The highest BCUT2D eigenvalue weighted by molar-refractivity contribution is 7.93. The minimum absolute atomic E-state index is 0.0218. The van der Waals surface area contributed by atoms with Crippen LogP contribution in [-0.2, 0) is 21.8 Å². The molecule has 0 radical (unpaired) electrons. The number of nitrogens with zero attached hydrogens (tertiary/aromatic N) is 2. The molecule has 7 nitrogen and oxygen atoms in total. The number of primary amides is 1. The molecule has 36 heavy (non-hydrogen) atoms. The van der Waals surface area contributed by atoms with Gasteiger partial charge in [-0.25, -0.2) is 13.4 Å². The minimum Gasteiger partial charge on any atom is -0.484 e. The number of sulfone groups is 1. The average molecular weight is 536 g/mol. The molecule has 0 bridgehead atoms. The van der Waals surface area contributed by atoms with Gasteiger partial charge in [-0.15, -0.1) is 11.3 Å². The molecule has 2 aromatic carbocycles. The third-order valence-corrected chi connectivity index (χ3v) is 7.76. The Hall–Kier alpha value is -3.64. The highest BCUT2D eigenvalue weighted by Crippen LogP contribution is 2.39. The van der Waals surface area contributed by atoms with Crippen LogP contribution in [0.15, 0.2) is 66.8 Å². The van der Waals surface area contributed by atoms with Crippen molar-refractivity contribution in [1.82, 2.24) is 9.55 Å². The number of carbonyl (C=O) groups excluding carboxylic acids is 1. The van der Waals surface area contributed by atoms with Crippen LogP contribution >= 0.6 is 11.3 Å². The number of rotatable bonds is 8. The lowest BCUT2D eigenvalue weighted by atomic mass is 10.0. The molecular formula is C24H20F3N3O4S2. The van der Waals surface area contributed by atoms with E-state index in [9.17, 15) is 26.4 Å². The molecule has 0 aliphatic rings. The van der Waals surface area contributed by atoms with E-state index < -0.39 is 33.6 Å². The fourth-order valence-corrected chi connectivity index (χ4v) is 5.40. The van der Waals surface area contributed by atoms with E-state index in [-0.39, 0.29) is 21.9 Å². The molecular weight excluding hydrogens is 515 g/mol. The van der Waals surface area contributed by atoms with E-state index in [1.165, 1.54) is 37.5 Å². The molecule has 2 N–H and O–H groups in total. The number of hydrogen-bond donors (Lipinski definition) is 1. The van der Waals surface area contributed by atoms with E-state index in [1.54, 1.807) is 22.8 Å². The molecule has 188 valence electrons. The Kier molecular flexibility index (Phi) is 6.67. The maximum absolute atomic E-state index is 13.5. The van der Waals surface area contributed by atoms with Crippen LogP contribution in [0.25, 0.3) is 16.0 Å². The third-order valence-electron chi connectivity index (χ3n) is 5.39. The zero-order chi connectivity index (χ0) is 26.3. The van der Waals surface area contributed by atoms with Crippen molar-refractivity contribution in [3.8, 4) is 10.8 Å². The first-order valence-corrected chi connectivity index (χ1v) is 13.0. The Labute approximate surface area is 208 Å². The number of fused-ring (bicyclic) bond motifs is 1. The zero-order valence-electron chi connectivity index (χ0n) is 18.8. The van der Waals surface area contributed by atoms with Gasteiger partial charge < -0.3 is 10.5 Å². The van der Waals surface area contributed by atoms with E-state index in [0.29, 0.717) is 21.6 Å². The maximum atomic E-state index is 13.5. The van der Waals surface area contributed by atoms with Crippen molar-refractivity contribution in [2.45, 2.75) is 25.0 Å². The molecule has 1 amide bonds. The van der Waals surface area contributed by atoms with Crippen LogP contribution in [0.5, 0.6) is 5.75 Å². The van der Waals surface area contributed by atoms with Crippen molar-refractivity contribution in [3.05, 3.63) is 88.4 Å². The number of imidazole rings is 1. The molecule has 0 fully saturated rings. The Morgan fingerprint density at radius 1 is 1.25 bits per heavy atom. The van der Waals surface area contributed by atoms with Crippen molar-refractivity contribution in [1.29, 1.82) is 0 Å². The number of halogens is 3. The van der Waals surface area contributed by atoms with Crippen LogP contribution in [0.1, 0.15) is 39.4 Å². The second kappa shape index (κ2) is 9.43. The monoisotopic (exact) mass is 535 g/mol. The SMILES string of the molecule is C=CS(=O)(=O)Cc1ccc2ncn(-c3cc(O[C@H](C)c4ccccc4C(F)(F)F)c(C(N)=O)s3)c2c1. The van der Waals surface area contributed by atoms with Gasteiger partial charge in [0, 0.05) is 17.0 Å². The predicted octanol–water partition coefficient (Wildman–Crippen LogP) is 5.40. The predicted molar refractivity (Wildman–Crippen MR) is 131 cm³/mol. The largest absolute Gasteiger partial charge is 0.484 e. The summed E-state index contributed by atoms with van der Waals surface area (Å²) in [5.74, 6) is -1.03. The summed E-state index contributed by atoms with van der Waals surface area (Å²) < 4.78 is 71.7.